The fourth-order valence-corrected chi connectivity index (χ4v) is 3.10. The van der Waals surface area contributed by atoms with E-state index >= 15 is 0 Å². The third-order valence-corrected chi connectivity index (χ3v) is 4.51. The van der Waals surface area contributed by atoms with Crippen LogP contribution in [0.3, 0.4) is 0 Å². The lowest BCUT2D eigenvalue weighted by atomic mass is 10.2. The van der Waals surface area contributed by atoms with Gasteiger partial charge in [-0.1, -0.05) is 42.3 Å². The Morgan fingerprint density at radius 3 is 2.52 bits per heavy atom. The van der Waals surface area contributed by atoms with Crippen molar-refractivity contribution >= 4 is 40.8 Å². The number of anilines is 1. The van der Waals surface area contributed by atoms with E-state index in [1.807, 2.05) is 36.4 Å². The van der Waals surface area contributed by atoms with Crippen LogP contribution in [0.4, 0.5) is 5.82 Å². The van der Waals surface area contributed by atoms with Gasteiger partial charge in [0.05, 0.1) is 10.7 Å². The number of pyridine rings is 1. The summed E-state index contributed by atoms with van der Waals surface area (Å²) in [6, 6.07) is 11.7. The van der Waals surface area contributed by atoms with Crippen molar-refractivity contribution in [2.24, 2.45) is 0 Å². The van der Waals surface area contributed by atoms with Crippen LogP contribution in [0.1, 0.15) is 24.6 Å². The van der Waals surface area contributed by atoms with Crippen LogP contribution in [0, 0.1) is 0 Å². The Morgan fingerprint density at radius 1 is 1.05 bits per heavy atom. The first-order chi connectivity index (χ1) is 10.2. The molecule has 0 saturated carbocycles. The average molecular weight is 341 g/mol. The van der Waals surface area contributed by atoms with Crippen molar-refractivity contribution in [3.63, 3.8) is 0 Å². The number of hydrogen-bond acceptors (Lipinski definition) is 3. The number of rotatable bonds is 7. The van der Waals surface area contributed by atoms with E-state index < -0.39 is 0 Å². The van der Waals surface area contributed by atoms with Gasteiger partial charge >= 0.3 is 0 Å². The Kier molecular flexibility index (Phi) is 6.68. The first kappa shape index (κ1) is 16.5. The Bertz CT molecular complexity index is 573. The Labute approximate surface area is 140 Å². The summed E-state index contributed by atoms with van der Waals surface area (Å²) in [7, 11) is 0. The van der Waals surface area contributed by atoms with Gasteiger partial charge in [-0.05, 0) is 36.2 Å². The molecule has 0 fully saturated rings. The molecule has 0 amide bonds. The molecule has 0 unspecified atom stereocenters. The lowest BCUT2D eigenvalue weighted by Gasteiger charge is -2.08. The minimum absolute atomic E-state index is 0.723. The summed E-state index contributed by atoms with van der Waals surface area (Å²) in [6.07, 6.45) is 1.07. The SMILES string of the molecule is CCCNc1ccc(Cl)c(CSCc2ccc(Cl)cc2)n1. The highest BCUT2D eigenvalue weighted by Gasteiger charge is 2.05. The van der Waals surface area contributed by atoms with E-state index in [0.717, 1.165) is 46.0 Å². The van der Waals surface area contributed by atoms with Crippen LogP contribution < -0.4 is 5.32 Å². The topological polar surface area (TPSA) is 24.9 Å². The van der Waals surface area contributed by atoms with E-state index in [-0.39, 0.29) is 0 Å². The first-order valence-corrected chi connectivity index (χ1v) is 8.81. The van der Waals surface area contributed by atoms with Crippen molar-refractivity contribution in [3.8, 4) is 0 Å². The number of thioether (sulfide) groups is 1. The zero-order chi connectivity index (χ0) is 15.1. The Morgan fingerprint density at radius 2 is 1.81 bits per heavy atom. The predicted octanol–water partition coefficient (Wildman–Crippen LogP) is 5.64. The molecule has 0 radical (unpaired) electrons. The minimum atomic E-state index is 0.723. The molecular weight excluding hydrogens is 323 g/mol. The standard InChI is InChI=1S/C16H18Cl2N2S/c1-2-9-19-16-8-7-14(18)15(20-16)11-21-10-12-3-5-13(17)6-4-12/h3-8H,2,9-11H2,1H3,(H,19,20). The van der Waals surface area contributed by atoms with Crippen LogP contribution in [-0.4, -0.2) is 11.5 Å². The highest BCUT2D eigenvalue weighted by Crippen LogP contribution is 2.24. The fourth-order valence-electron chi connectivity index (χ4n) is 1.78. The van der Waals surface area contributed by atoms with Crippen LogP contribution in [-0.2, 0) is 11.5 Å². The van der Waals surface area contributed by atoms with Gasteiger partial charge in [-0.25, -0.2) is 4.98 Å². The summed E-state index contributed by atoms with van der Waals surface area (Å²) >= 11 is 13.9. The maximum atomic E-state index is 6.21. The maximum absolute atomic E-state index is 6.21. The fraction of sp³-hybridized carbons (Fsp3) is 0.312. The third-order valence-electron chi connectivity index (χ3n) is 2.90. The molecular formula is C16H18Cl2N2S. The Balaban J connectivity index is 1.91. The molecule has 21 heavy (non-hydrogen) atoms. The number of hydrogen-bond donors (Lipinski definition) is 1. The maximum Gasteiger partial charge on any atom is 0.126 e. The molecule has 2 rings (SSSR count). The van der Waals surface area contributed by atoms with E-state index in [1.165, 1.54) is 5.56 Å². The number of nitrogens with zero attached hydrogens (tertiary/aromatic N) is 1. The first-order valence-electron chi connectivity index (χ1n) is 6.90. The van der Waals surface area contributed by atoms with Crippen molar-refractivity contribution in [2.75, 3.05) is 11.9 Å². The summed E-state index contributed by atoms with van der Waals surface area (Å²) in [6.45, 7) is 3.05. The van der Waals surface area contributed by atoms with E-state index in [9.17, 15) is 0 Å². The normalized spacial score (nSPS) is 10.6. The van der Waals surface area contributed by atoms with E-state index in [1.54, 1.807) is 11.8 Å². The predicted molar refractivity (Wildman–Crippen MR) is 94.5 cm³/mol. The summed E-state index contributed by atoms with van der Waals surface area (Å²) in [5, 5.41) is 4.77. The molecule has 0 saturated heterocycles. The van der Waals surface area contributed by atoms with E-state index in [4.69, 9.17) is 23.2 Å². The average Bonchev–Trinajstić information content (AvgIpc) is 2.50. The molecule has 5 heteroatoms. The van der Waals surface area contributed by atoms with Gasteiger partial charge < -0.3 is 5.32 Å². The molecule has 1 aromatic carbocycles. The highest BCUT2D eigenvalue weighted by atomic mass is 35.5. The number of halogens is 2. The van der Waals surface area contributed by atoms with Crippen molar-refractivity contribution in [1.82, 2.24) is 4.98 Å². The van der Waals surface area contributed by atoms with Gasteiger partial charge in [0, 0.05) is 23.1 Å². The molecule has 0 spiro atoms. The van der Waals surface area contributed by atoms with Gasteiger partial charge in [-0.2, -0.15) is 11.8 Å². The number of nitrogens with one attached hydrogen (secondary N) is 1. The molecule has 0 bridgehead atoms. The molecule has 112 valence electrons. The summed E-state index contributed by atoms with van der Waals surface area (Å²) in [4.78, 5) is 4.57. The van der Waals surface area contributed by atoms with Crippen molar-refractivity contribution in [2.45, 2.75) is 24.9 Å². The second-order valence-electron chi connectivity index (χ2n) is 4.67. The lowest BCUT2D eigenvalue weighted by molar-refractivity contribution is 0.965. The summed E-state index contributed by atoms with van der Waals surface area (Å²) in [5.74, 6) is 2.61. The van der Waals surface area contributed by atoms with Gasteiger partial charge in [0.15, 0.2) is 0 Å². The number of benzene rings is 1. The molecule has 0 aliphatic heterocycles. The van der Waals surface area contributed by atoms with Gasteiger partial charge in [0.1, 0.15) is 5.82 Å². The third kappa shape index (κ3) is 5.42. The minimum Gasteiger partial charge on any atom is -0.370 e. The van der Waals surface area contributed by atoms with Crippen LogP contribution in [0.15, 0.2) is 36.4 Å². The lowest BCUT2D eigenvalue weighted by Crippen LogP contribution is -2.03. The van der Waals surface area contributed by atoms with E-state index in [2.05, 4.69) is 17.2 Å². The van der Waals surface area contributed by atoms with Crippen molar-refractivity contribution < 1.29 is 0 Å². The second-order valence-corrected chi connectivity index (χ2v) is 6.50. The van der Waals surface area contributed by atoms with Crippen molar-refractivity contribution in [1.29, 1.82) is 0 Å². The zero-order valence-corrected chi connectivity index (χ0v) is 14.2. The molecule has 1 N–H and O–H groups in total. The molecule has 2 nitrogen and oxygen atoms in total. The van der Waals surface area contributed by atoms with Crippen LogP contribution >= 0.6 is 35.0 Å². The van der Waals surface area contributed by atoms with Gasteiger partial charge in [0.25, 0.3) is 0 Å². The van der Waals surface area contributed by atoms with Crippen LogP contribution in [0.2, 0.25) is 10.0 Å². The summed E-state index contributed by atoms with van der Waals surface area (Å²) in [5.41, 5.74) is 2.18. The molecule has 2 aromatic rings. The second kappa shape index (κ2) is 8.52. The molecule has 0 aliphatic rings. The van der Waals surface area contributed by atoms with Gasteiger partial charge in [-0.15, -0.1) is 0 Å². The van der Waals surface area contributed by atoms with Crippen molar-refractivity contribution in [3.05, 3.63) is 57.7 Å². The molecule has 1 heterocycles. The Hall–Kier alpha value is -0.900. The summed E-state index contributed by atoms with van der Waals surface area (Å²) < 4.78 is 0. The quantitative estimate of drug-likeness (QED) is 0.705. The number of aromatic nitrogens is 1. The van der Waals surface area contributed by atoms with Gasteiger partial charge in [-0.3, -0.25) is 0 Å². The van der Waals surface area contributed by atoms with E-state index in [0.29, 0.717) is 0 Å². The largest absolute Gasteiger partial charge is 0.370 e. The zero-order valence-electron chi connectivity index (χ0n) is 11.9. The highest BCUT2D eigenvalue weighted by molar-refractivity contribution is 7.97. The smallest absolute Gasteiger partial charge is 0.126 e. The molecule has 0 atom stereocenters. The van der Waals surface area contributed by atoms with Crippen LogP contribution in [0.5, 0.6) is 0 Å². The van der Waals surface area contributed by atoms with Crippen LogP contribution in [0.25, 0.3) is 0 Å². The monoisotopic (exact) mass is 340 g/mol. The molecule has 1 aromatic heterocycles. The van der Waals surface area contributed by atoms with Gasteiger partial charge in [0.2, 0.25) is 0 Å². The molecule has 0 aliphatic carbocycles.